The summed E-state index contributed by atoms with van der Waals surface area (Å²) in [5.41, 5.74) is -4.30. The highest BCUT2D eigenvalue weighted by molar-refractivity contribution is 7.85. The van der Waals surface area contributed by atoms with Gasteiger partial charge in [-0.2, -0.15) is 17.2 Å². The van der Waals surface area contributed by atoms with E-state index in [1.807, 2.05) is 0 Å². The highest BCUT2D eigenvalue weighted by atomic mass is 32.2. The third kappa shape index (κ3) is 4.14. The van der Waals surface area contributed by atoms with Gasteiger partial charge in [-0.05, 0) is 0 Å². The van der Waals surface area contributed by atoms with Gasteiger partial charge in [-0.25, -0.2) is 0 Å². The Kier molecular flexibility index (Phi) is 6.09. The van der Waals surface area contributed by atoms with E-state index in [9.17, 15) is 28.2 Å². The number of ketones is 2. The average molecular weight is 456 g/mol. The number of Topliss-reactive ketones (excluding diaryl/α,β-unsaturated/α-hetero) is 2. The number of ether oxygens (including phenoxy) is 1. The van der Waals surface area contributed by atoms with Gasteiger partial charge < -0.3 is 14.9 Å². The van der Waals surface area contributed by atoms with Crippen LogP contribution in [0.1, 0.15) is 20.7 Å². The number of halogens is 2. The molecule has 0 saturated carbocycles. The fraction of sp³-hybridized carbons (Fsp3) is 0.300. The van der Waals surface area contributed by atoms with Gasteiger partial charge in [-0.1, -0.05) is 60.7 Å². The molecule has 1 heterocycles. The highest BCUT2D eigenvalue weighted by Gasteiger charge is 2.75. The normalized spacial score (nSPS) is 26.4. The number of hydrogen-bond acceptors (Lipinski definition) is 7. The molecule has 0 spiro atoms. The molecule has 31 heavy (non-hydrogen) atoms. The second-order valence-electron chi connectivity index (χ2n) is 7.05. The van der Waals surface area contributed by atoms with Crippen molar-refractivity contribution in [2.75, 3.05) is 5.75 Å². The van der Waals surface area contributed by atoms with Crippen LogP contribution < -0.4 is 0 Å². The molecule has 0 bridgehead atoms. The molecule has 2 aromatic rings. The number of hydrogen-bond donors (Lipinski definition) is 3. The Morgan fingerprint density at radius 1 is 1.00 bits per heavy atom. The number of rotatable bonds is 7. The standard InChI is InChI=1S/C20H18F2O8S/c21-20(22)14(11-31(27,28)29)30-18(16(24)15(23)12-7-3-1-4-8-12)19(20,26)17(25)13-9-5-2-6-10-13/h1-10,14,16,18,24,26H,11H2,(H,27,28,29)/t14?,16?,18-,19-/m1/s1. The largest absolute Gasteiger partial charge is 0.382 e. The molecule has 0 amide bonds. The van der Waals surface area contributed by atoms with Gasteiger partial charge >= 0.3 is 5.92 Å². The molecule has 0 radical (unpaired) electrons. The van der Waals surface area contributed by atoms with E-state index in [1.165, 1.54) is 42.5 Å². The van der Waals surface area contributed by atoms with Gasteiger partial charge in [-0.3, -0.25) is 14.1 Å². The van der Waals surface area contributed by atoms with Crippen LogP contribution in [0.25, 0.3) is 0 Å². The Balaban J connectivity index is 2.09. The highest BCUT2D eigenvalue weighted by Crippen LogP contribution is 2.48. The molecule has 8 nitrogen and oxygen atoms in total. The SMILES string of the molecule is O=C(c1ccccc1)C(O)[C@H]1OC(CS(=O)(=O)O)C(F)(F)[C@@]1(O)C(=O)c1ccccc1. The number of aliphatic hydroxyl groups is 2. The van der Waals surface area contributed by atoms with E-state index >= 15 is 8.78 Å². The third-order valence-electron chi connectivity index (χ3n) is 4.99. The molecule has 1 saturated heterocycles. The zero-order valence-electron chi connectivity index (χ0n) is 15.8. The summed E-state index contributed by atoms with van der Waals surface area (Å²) in [6.45, 7) is 0. The average Bonchev–Trinajstić information content (AvgIpc) is 2.93. The first kappa shape index (κ1) is 23.1. The number of aliphatic hydroxyl groups excluding tert-OH is 1. The molecular formula is C20H18F2O8S. The summed E-state index contributed by atoms with van der Waals surface area (Å²) in [4.78, 5) is 25.5. The molecule has 3 N–H and O–H groups in total. The van der Waals surface area contributed by atoms with Gasteiger partial charge in [0.25, 0.3) is 10.1 Å². The molecule has 1 aliphatic heterocycles. The van der Waals surface area contributed by atoms with E-state index in [2.05, 4.69) is 0 Å². The molecule has 3 rings (SSSR count). The Morgan fingerprint density at radius 3 is 1.97 bits per heavy atom. The maximum atomic E-state index is 15.2. The third-order valence-corrected chi connectivity index (χ3v) is 5.72. The van der Waals surface area contributed by atoms with Crippen LogP contribution >= 0.6 is 0 Å². The Labute approximate surface area is 175 Å². The lowest BCUT2D eigenvalue weighted by molar-refractivity contribution is -0.148. The Bertz CT molecular complexity index is 1070. The van der Waals surface area contributed by atoms with Crippen LogP contribution in [0, 0.1) is 0 Å². The van der Waals surface area contributed by atoms with Crippen molar-refractivity contribution >= 4 is 21.7 Å². The van der Waals surface area contributed by atoms with Gasteiger partial charge in [0.05, 0.1) is 0 Å². The van der Waals surface area contributed by atoms with E-state index < -0.39 is 57.3 Å². The van der Waals surface area contributed by atoms with Crippen LogP contribution in [0.4, 0.5) is 8.78 Å². The molecule has 1 aliphatic rings. The molecule has 0 aliphatic carbocycles. The molecule has 0 aromatic heterocycles. The maximum absolute atomic E-state index is 15.2. The molecule has 4 atom stereocenters. The number of benzene rings is 2. The second kappa shape index (κ2) is 8.17. The number of carbonyl (C=O) groups excluding carboxylic acids is 2. The van der Waals surface area contributed by atoms with Crippen LogP contribution in [0.5, 0.6) is 0 Å². The van der Waals surface area contributed by atoms with Crippen LogP contribution in [-0.2, 0) is 14.9 Å². The van der Waals surface area contributed by atoms with Gasteiger partial charge in [0.15, 0.2) is 5.78 Å². The van der Waals surface area contributed by atoms with Crippen molar-refractivity contribution in [1.29, 1.82) is 0 Å². The molecule has 2 aromatic carbocycles. The summed E-state index contributed by atoms with van der Waals surface area (Å²) in [7, 11) is -5.03. The van der Waals surface area contributed by atoms with Crippen molar-refractivity contribution in [1.82, 2.24) is 0 Å². The van der Waals surface area contributed by atoms with Crippen LogP contribution in [0.2, 0.25) is 0 Å². The zero-order chi connectivity index (χ0) is 23.0. The summed E-state index contributed by atoms with van der Waals surface area (Å²) in [5.74, 6) is -8.97. The fourth-order valence-corrected chi connectivity index (χ4v) is 4.11. The van der Waals surface area contributed by atoms with Gasteiger partial charge in [0.2, 0.25) is 11.4 Å². The van der Waals surface area contributed by atoms with E-state index in [4.69, 9.17) is 9.29 Å². The predicted octanol–water partition coefficient (Wildman–Crippen LogP) is 1.13. The smallest absolute Gasteiger partial charge is 0.312 e. The molecule has 2 unspecified atom stereocenters. The minimum Gasteiger partial charge on any atom is -0.382 e. The van der Waals surface area contributed by atoms with Crippen molar-refractivity contribution in [3.05, 3.63) is 71.8 Å². The molecule has 166 valence electrons. The van der Waals surface area contributed by atoms with E-state index in [0.717, 1.165) is 12.1 Å². The first-order valence-electron chi connectivity index (χ1n) is 8.97. The summed E-state index contributed by atoms with van der Waals surface area (Å²) >= 11 is 0. The van der Waals surface area contributed by atoms with Crippen molar-refractivity contribution in [3.8, 4) is 0 Å². The van der Waals surface area contributed by atoms with Gasteiger partial charge in [0.1, 0.15) is 24.1 Å². The van der Waals surface area contributed by atoms with Crippen LogP contribution in [0.3, 0.4) is 0 Å². The zero-order valence-corrected chi connectivity index (χ0v) is 16.6. The molecular weight excluding hydrogens is 438 g/mol. The number of alkyl halides is 2. The minimum absolute atomic E-state index is 0.116. The first-order valence-corrected chi connectivity index (χ1v) is 10.6. The van der Waals surface area contributed by atoms with Crippen molar-refractivity contribution < 1.29 is 46.3 Å². The minimum atomic E-state index is -5.03. The lowest BCUT2D eigenvalue weighted by Gasteiger charge is -2.33. The summed E-state index contributed by atoms with van der Waals surface area (Å²) in [6.07, 6.45) is -7.67. The van der Waals surface area contributed by atoms with Crippen LogP contribution in [-0.4, -0.2) is 70.3 Å². The lowest BCUT2D eigenvalue weighted by atomic mass is 9.79. The Hall–Kier alpha value is -2.57. The summed E-state index contributed by atoms with van der Waals surface area (Å²) in [6, 6.07) is 13.4. The van der Waals surface area contributed by atoms with E-state index in [0.29, 0.717) is 0 Å². The van der Waals surface area contributed by atoms with Crippen molar-refractivity contribution in [2.45, 2.75) is 29.8 Å². The monoisotopic (exact) mass is 456 g/mol. The number of carbonyl (C=O) groups is 2. The predicted molar refractivity (Wildman–Crippen MR) is 103 cm³/mol. The van der Waals surface area contributed by atoms with Gasteiger partial charge in [-0.15, -0.1) is 0 Å². The van der Waals surface area contributed by atoms with E-state index in [-0.39, 0.29) is 11.1 Å². The lowest BCUT2D eigenvalue weighted by Crippen LogP contribution is -2.63. The second-order valence-corrected chi connectivity index (χ2v) is 8.55. The van der Waals surface area contributed by atoms with Crippen LogP contribution in [0.15, 0.2) is 60.7 Å². The van der Waals surface area contributed by atoms with Crippen molar-refractivity contribution in [3.63, 3.8) is 0 Å². The fourth-order valence-electron chi connectivity index (χ4n) is 3.43. The molecule has 1 fully saturated rings. The quantitative estimate of drug-likeness (QED) is 0.417. The van der Waals surface area contributed by atoms with Gasteiger partial charge in [0, 0.05) is 11.1 Å². The summed E-state index contributed by atoms with van der Waals surface area (Å²) in [5, 5.41) is 21.4. The topological polar surface area (TPSA) is 138 Å². The van der Waals surface area contributed by atoms with Crippen molar-refractivity contribution in [2.24, 2.45) is 0 Å². The first-order chi connectivity index (χ1) is 14.4. The maximum Gasteiger partial charge on any atom is 0.312 e. The van der Waals surface area contributed by atoms with E-state index in [1.54, 1.807) is 6.07 Å². The molecule has 11 heteroatoms. The summed E-state index contributed by atoms with van der Waals surface area (Å²) < 4.78 is 66.7. The Morgan fingerprint density at radius 2 is 1.48 bits per heavy atom.